The third-order valence-electron chi connectivity index (χ3n) is 11.1. The van der Waals surface area contributed by atoms with Crippen molar-refractivity contribution in [1.82, 2.24) is 4.57 Å². The summed E-state index contributed by atoms with van der Waals surface area (Å²) in [7, 11) is 0. The maximum Gasteiger partial charge on any atom is 0.0555 e. The van der Waals surface area contributed by atoms with Gasteiger partial charge in [0.25, 0.3) is 0 Å². The van der Waals surface area contributed by atoms with Crippen LogP contribution in [0.2, 0.25) is 0 Å². The number of rotatable bonds is 8. The van der Waals surface area contributed by atoms with Gasteiger partial charge in [-0.25, -0.2) is 0 Å². The van der Waals surface area contributed by atoms with Crippen molar-refractivity contribution in [3.05, 3.63) is 224 Å². The third kappa shape index (κ3) is 5.82. The normalized spacial score (nSPS) is 11.4. The van der Waals surface area contributed by atoms with Crippen molar-refractivity contribution in [1.29, 1.82) is 0 Å². The summed E-state index contributed by atoms with van der Waals surface area (Å²) in [6, 6.07) is 80.9. The van der Waals surface area contributed by atoms with Gasteiger partial charge in [-0.05, 0) is 108 Å². The van der Waals surface area contributed by atoms with Crippen LogP contribution < -0.4 is 9.80 Å². The smallest absolute Gasteiger partial charge is 0.0555 e. The molecule has 0 atom stereocenters. The van der Waals surface area contributed by atoms with Gasteiger partial charge in [0, 0.05) is 70.8 Å². The highest BCUT2D eigenvalue weighted by molar-refractivity contribution is 7.26. The van der Waals surface area contributed by atoms with Gasteiger partial charge in [0.1, 0.15) is 0 Å². The number of hydrogen-bond donors (Lipinski definition) is 0. The van der Waals surface area contributed by atoms with Gasteiger partial charge in [-0.1, -0.05) is 127 Å². The van der Waals surface area contributed by atoms with Crippen molar-refractivity contribution < 1.29 is 0 Å². The van der Waals surface area contributed by atoms with E-state index in [0.717, 1.165) is 50.9 Å². The maximum atomic E-state index is 2.45. The van der Waals surface area contributed by atoms with Gasteiger partial charge >= 0.3 is 0 Å². The van der Waals surface area contributed by atoms with Crippen LogP contribution >= 0.6 is 11.3 Å². The van der Waals surface area contributed by atoms with Crippen LogP contribution in [0, 0.1) is 0 Å². The molecule has 9 aromatic carbocycles. The lowest BCUT2D eigenvalue weighted by molar-refractivity contribution is 1.18. The molecule has 0 aliphatic carbocycles. The van der Waals surface area contributed by atoms with E-state index in [1.165, 1.54) is 42.0 Å². The zero-order valence-corrected chi connectivity index (χ0v) is 32.4. The lowest BCUT2D eigenvalue weighted by atomic mass is 10.0. The Kier molecular flexibility index (Phi) is 8.34. The highest BCUT2D eigenvalue weighted by atomic mass is 32.1. The number of anilines is 6. The number of hydrogen-bond acceptors (Lipinski definition) is 3. The fourth-order valence-corrected chi connectivity index (χ4v) is 9.82. The molecular formula is C54H37N3S. The Morgan fingerprint density at radius 2 is 0.845 bits per heavy atom. The number of aromatic nitrogens is 1. The average Bonchev–Trinajstić information content (AvgIpc) is 3.84. The van der Waals surface area contributed by atoms with Crippen molar-refractivity contribution >= 4 is 87.4 Å². The summed E-state index contributed by atoms with van der Waals surface area (Å²) in [6.07, 6.45) is 0. The molecule has 0 aliphatic heterocycles. The molecular weight excluding hydrogens is 723 g/mol. The predicted molar refractivity (Wildman–Crippen MR) is 248 cm³/mol. The first-order valence-corrected chi connectivity index (χ1v) is 20.5. The number of para-hydroxylation sites is 5. The maximum absolute atomic E-state index is 2.45. The molecule has 0 saturated heterocycles. The first-order valence-electron chi connectivity index (χ1n) is 19.7. The Hall–Kier alpha value is -7.40. The second-order valence-corrected chi connectivity index (χ2v) is 15.6. The molecule has 11 rings (SSSR count). The molecule has 0 bridgehead atoms. The summed E-state index contributed by atoms with van der Waals surface area (Å²) in [5.41, 5.74) is 12.3. The van der Waals surface area contributed by atoms with Crippen LogP contribution in [0.25, 0.3) is 58.8 Å². The first kappa shape index (κ1) is 33.9. The fourth-order valence-electron chi connectivity index (χ4n) is 8.56. The molecule has 0 saturated carbocycles. The van der Waals surface area contributed by atoms with E-state index < -0.39 is 0 Å². The van der Waals surface area contributed by atoms with E-state index >= 15 is 0 Å². The molecule has 11 aromatic rings. The van der Waals surface area contributed by atoms with E-state index in [2.05, 4.69) is 239 Å². The summed E-state index contributed by atoms with van der Waals surface area (Å²) in [6.45, 7) is 0. The fraction of sp³-hybridized carbons (Fsp3) is 0. The van der Waals surface area contributed by atoms with Crippen LogP contribution in [-0.2, 0) is 0 Å². The molecule has 0 unspecified atom stereocenters. The van der Waals surface area contributed by atoms with Crippen molar-refractivity contribution in [3.8, 4) is 16.8 Å². The standard InChI is InChI=1S/C54H37N3S/c1-5-19-40(20-6-1)55(41-21-7-2-8-22-41)45-35-39(36-46(37-45)56(42-23-9-3-10-24-42)43-25-11-4-12-26-43)38-18-17-27-44(34-38)57-50-30-15-13-29-49(50)53-51(57)33-32-48-47-28-14-16-31-52(47)58-54(48)53/h1-37H. The predicted octanol–water partition coefficient (Wildman–Crippen LogP) is 15.8. The van der Waals surface area contributed by atoms with Crippen molar-refractivity contribution in [2.75, 3.05) is 9.80 Å². The van der Waals surface area contributed by atoms with Crippen LogP contribution in [0.1, 0.15) is 0 Å². The lowest BCUT2D eigenvalue weighted by Gasteiger charge is -2.30. The van der Waals surface area contributed by atoms with E-state index in [4.69, 9.17) is 0 Å². The van der Waals surface area contributed by atoms with Crippen molar-refractivity contribution in [3.63, 3.8) is 0 Å². The third-order valence-corrected chi connectivity index (χ3v) is 12.3. The summed E-state index contributed by atoms with van der Waals surface area (Å²) in [4.78, 5) is 4.71. The van der Waals surface area contributed by atoms with E-state index in [0.29, 0.717) is 0 Å². The van der Waals surface area contributed by atoms with Gasteiger partial charge in [0.05, 0.1) is 11.0 Å². The van der Waals surface area contributed by atoms with Gasteiger partial charge in [-0.2, -0.15) is 0 Å². The van der Waals surface area contributed by atoms with Gasteiger partial charge < -0.3 is 14.4 Å². The van der Waals surface area contributed by atoms with E-state index in [-0.39, 0.29) is 0 Å². The van der Waals surface area contributed by atoms with Crippen LogP contribution in [0.3, 0.4) is 0 Å². The summed E-state index contributed by atoms with van der Waals surface area (Å²) in [5.74, 6) is 0. The van der Waals surface area contributed by atoms with Gasteiger partial charge in [-0.3, -0.25) is 0 Å². The lowest BCUT2D eigenvalue weighted by Crippen LogP contribution is -2.13. The minimum absolute atomic E-state index is 1.07. The van der Waals surface area contributed by atoms with E-state index in [1.54, 1.807) is 0 Å². The monoisotopic (exact) mass is 759 g/mol. The molecule has 0 fully saturated rings. The SMILES string of the molecule is c1ccc(N(c2ccccc2)c2cc(-c3cccc(-n4c5ccccc5c5c6sc7ccccc7c6ccc54)c3)cc(N(c3ccccc3)c3ccccc3)c2)cc1. The highest BCUT2D eigenvalue weighted by Gasteiger charge is 2.21. The Morgan fingerprint density at radius 3 is 1.43 bits per heavy atom. The second kappa shape index (κ2) is 14.3. The highest BCUT2D eigenvalue weighted by Crippen LogP contribution is 2.45. The molecule has 58 heavy (non-hydrogen) atoms. The Morgan fingerprint density at radius 1 is 0.328 bits per heavy atom. The van der Waals surface area contributed by atoms with Gasteiger partial charge in [-0.15, -0.1) is 11.3 Å². The molecule has 0 radical (unpaired) electrons. The molecule has 0 amide bonds. The minimum Gasteiger partial charge on any atom is -0.310 e. The largest absolute Gasteiger partial charge is 0.310 e. The molecule has 3 nitrogen and oxygen atoms in total. The molecule has 0 spiro atoms. The van der Waals surface area contributed by atoms with Crippen molar-refractivity contribution in [2.45, 2.75) is 0 Å². The number of nitrogens with zero attached hydrogens (tertiary/aromatic N) is 3. The Bertz CT molecular complexity index is 3040. The number of thiophene rings is 1. The second-order valence-electron chi connectivity index (χ2n) is 14.6. The first-order chi connectivity index (χ1) is 28.8. The number of benzene rings is 9. The average molecular weight is 760 g/mol. The van der Waals surface area contributed by atoms with Gasteiger partial charge in [0.15, 0.2) is 0 Å². The topological polar surface area (TPSA) is 11.4 Å². The minimum atomic E-state index is 1.07. The molecule has 274 valence electrons. The van der Waals surface area contributed by atoms with Crippen LogP contribution in [0.15, 0.2) is 224 Å². The molecule has 2 heterocycles. The summed E-state index contributed by atoms with van der Waals surface area (Å²) >= 11 is 1.89. The number of fused-ring (bicyclic) bond motifs is 7. The zero-order valence-electron chi connectivity index (χ0n) is 31.6. The van der Waals surface area contributed by atoms with Crippen molar-refractivity contribution in [2.24, 2.45) is 0 Å². The van der Waals surface area contributed by atoms with Gasteiger partial charge in [0.2, 0.25) is 0 Å². The Balaban J connectivity index is 1.15. The molecule has 4 heteroatoms. The zero-order chi connectivity index (χ0) is 38.4. The van der Waals surface area contributed by atoms with E-state index in [1.807, 2.05) is 11.3 Å². The summed E-state index contributed by atoms with van der Waals surface area (Å²) in [5, 5.41) is 5.22. The quantitative estimate of drug-likeness (QED) is 0.153. The van der Waals surface area contributed by atoms with Crippen LogP contribution in [-0.4, -0.2) is 4.57 Å². The van der Waals surface area contributed by atoms with Crippen LogP contribution in [0.5, 0.6) is 0 Å². The van der Waals surface area contributed by atoms with E-state index in [9.17, 15) is 0 Å². The van der Waals surface area contributed by atoms with Crippen LogP contribution in [0.4, 0.5) is 34.1 Å². The summed E-state index contributed by atoms with van der Waals surface area (Å²) < 4.78 is 5.11. The Labute approximate surface area is 341 Å². The molecule has 2 aromatic heterocycles. The molecule has 0 N–H and O–H groups in total. The molecule has 0 aliphatic rings.